The zero-order valence-corrected chi connectivity index (χ0v) is 6.07. The first-order valence-electron chi connectivity index (χ1n) is 2.65. The molecule has 53 valence electrons. The Morgan fingerprint density at radius 1 is 1.70 bits per heavy atom. The molecule has 1 rings (SSSR count). The fraction of sp³-hybridized carbons (Fsp3) is 0.143. The molecule has 3 heteroatoms. The molecule has 0 aliphatic carbocycles. The molecule has 0 aliphatic rings. The van der Waals surface area contributed by atoms with Gasteiger partial charge < -0.3 is 4.74 Å². The summed E-state index contributed by atoms with van der Waals surface area (Å²) >= 11 is 5.53. The summed E-state index contributed by atoms with van der Waals surface area (Å²) in [7, 11) is 1.45. The number of benzene rings is 1. The van der Waals surface area contributed by atoms with Crippen molar-refractivity contribution in [2.24, 2.45) is 0 Å². The third-order valence-corrected chi connectivity index (χ3v) is 1.31. The molecular weight excluding hydrogens is 155 g/mol. The maximum absolute atomic E-state index is 12.3. The topological polar surface area (TPSA) is 9.23 Å². The summed E-state index contributed by atoms with van der Waals surface area (Å²) in [6.45, 7) is 0. The molecule has 1 aromatic carbocycles. The lowest BCUT2D eigenvalue weighted by atomic mass is 10.3. The van der Waals surface area contributed by atoms with Crippen molar-refractivity contribution in [3.8, 4) is 5.75 Å². The molecule has 0 amide bonds. The van der Waals surface area contributed by atoms with Gasteiger partial charge in [-0.05, 0) is 12.1 Å². The fourth-order valence-corrected chi connectivity index (χ4v) is 0.824. The smallest absolute Gasteiger partial charge is 0.145 e. The lowest BCUT2D eigenvalue weighted by molar-refractivity contribution is 0.413. The maximum Gasteiger partial charge on any atom is 0.145 e. The molecule has 10 heavy (non-hydrogen) atoms. The van der Waals surface area contributed by atoms with Crippen LogP contribution in [-0.2, 0) is 0 Å². The Morgan fingerprint density at radius 3 is 2.90 bits per heavy atom. The standard InChI is InChI=1S/C7H5ClFO/c1-10-7-3-2-5(9)4-6(7)8/h2,4H,1H3. The van der Waals surface area contributed by atoms with Gasteiger partial charge >= 0.3 is 0 Å². The number of rotatable bonds is 1. The average molecular weight is 160 g/mol. The van der Waals surface area contributed by atoms with Crippen LogP contribution in [0.25, 0.3) is 0 Å². The van der Waals surface area contributed by atoms with Crippen molar-refractivity contribution in [2.75, 3.05) is 7.11 Å². The number of ether oxygens (including phenoxy) is 1. The van der Waals surface area contributed by atoms with Gasteiger partial charge in [0.1, 0.15) is 11.6 Å². The molecule has 1 aromatic rings. The summed E-state index contributed by atoms with van der Waals surface area (Å²) < 4.78 is 17.1. The fourth-order valence-electron chi connectivity index (χ4n) is 0.588. The average Bonchev–Trinajstić information content (AvgIpc) is 1.88. The van der Waals surface area contributed by atoms with E-state index >= 15 is 0 Å². The molecule has 0 saturated carbocycles. The van der Waals surface area contributed by atoms with E-state index in [2.05, 4.69) is 6.07 Å². The first-order valence-corrected chi connectivity index (χ1v) is 3.02. The molecule has 0 saturated heterocycles. The molecule has 0 aromatic heterocycles. The highest BCUT2D eigenvalue weighted by Gasteiger charge is 1.99. The van der Waals surface area contributed by atoms with E-state index in [9.17, 15) is 4.39 Å². The van der Waals surface area contributed by atoms with Gasteiger partial charge in [0.05, 0.1) is 12.1 Å². The van der Waals surface area contributed by atoms with Gasteiger partial charge in [0.2, 0.25) is 0 Å². The van der Waals surface area contributed by atoms with Gasteiger partial charge in [0, 0.05) is 6.07 Å². The second-order valence-corrected chi connectivity index (χ2v) is 2.11. The summed E-state index contributed by atoms with van der Waals surface area (Å²) in [6, 6.07) is 4.87. The first-order chi connectivity index (χ1) is 4.74. The number of hydrogen-bond acceptors (Lipinski definition) is 1. The van der Waals surface area contributed by atoms with Crippen molar-refractivity contribution in [1.29, 1.82) is 0 Å². The Balaban J connectivity index is 3.07. The number of halogens is 2. The molecule has 0 unspecified atom stereocenters. The normalized spacial score (nSPS) is 9.50. The quantitative estimate of drug-likeness (QED) is 0.611. The van der Waals surface area contributed by atoms with E-state index in [1.807, 2.05) is 0 Å². The third-order valence-electron chi connectivity index (χ3n) is 1.03. The van der Waals surface area contributed by atoms with Gasteiger partial charge in [-0.25, -0.2) is 4.39 Å². The van der Waals surface area contributed by atoms with Crippen molar-refractivity contribution < 1.29 is 9.13 Å². The Kier molecular flexibility index (Phi) is 2.12. The van der Waals surface area contributed by atoms with E-state index in [1.54, 1.807) is 0 Å². The molecule has 1 radical (unpaired) electrons. The van der Waals surface area contributed by atoms with Crippen LogP contribution in [-0.4, -0.2) is 7.11 Å². The van der Waals surface area contributed by atoms with Crippen LogP contribution in [0.2, 0.25) is 5.02 Å². The Labute approximate surface area is 63.4 Å². The van der Waals surface area contributed by atoms with Crippen LogP contribution in [0.15, 0.2) is 12.1 Å². The van der Waals surface area contributed by atoms with Crippen LogP contribution in [0.3, 0.4) is 0 Å². The minimum atomic E-state index is -0.411. The molecule has 0 N–H and O–H groups in total. The predicted octanol–water partition coefficient (Wildman–Crippen LogP) is 2.29. The van der Waals surface area contributed by atoms with Crippen molar-refractivity contribution in [2.45, 2.75) is 0 Å². The second kappa shape index (κ2) is 2.88. The summed E-state index contributed by atoms with van der Waals surface area (Å²) in [4.78, 5) is 0. The lowest BCUT2D eigenvalue weighted by Gasteiger charge is -1.99. The van der Waals surface area contributed by atoms with Crippen molar-refractivity contribution in [1.82, 2.24) is 0 Å². The summed E-state index contributed by atoms with van der Waals surface area (Å²) in [5, 5.41) is 0.238. The van der Waals surface area contributed by atoms with Crippen LogP contribution in [0.4, 0.5) is 4.39 Å². The monoisotopic (exact) mass is 159 g/mol. The van der Waals surface area contributed by atoms with Gasteiger partial charge in [-0.2, -0.15) is 0 Å². The number of hydrogen-bond donors (Lipinski definition) is 0. The Bertz CT molecular complexity index is 237. The molecule has 0 fully saturated rings. The van der Waals surface area contributed by atoms with E-state index in [0.717, 1.165) is 0 Å². The van der Waals surface area contributed by atoms with E-state index in [4.69, 9.17) is 16.3 Å². The molecule has 0 bridgehead atoms. The maximum atomic E-state index is 12.3. The molecule has 0 atom stereocenters. The summed E-state index contributed by atoms with van der Waals surface area (Å²) in [5.41, 5.74) is 0. The van der Waals surface area contributed by atoms with Crippen molar-refractivity contribution >= 4 is 11.6 Å². The Morgan fingerprint density at radius 2 is 2.40 bits per heavy atom. The minimum Gasteiger partial charge on any atom is -0.495 e. The highest BCUT2D eigenvalue weighted by molar-refractivity contribution is 6.32. The van der Waals surface area contributed by atoms with Gasteiger partial charge in [-0.15, -0.1) is 0 Å². The van der Waals surface area contributed by atoms with Crippen molar-refractivity contribution in [3.05, 3.63) is 29.0 Å². The van der Waals surface area contributed by atoms with Crippen LogP contribution >= 0.6 is 11.6 Å². The molecule has 0 aliphatic heterocycles. The van der Waals surface area contributed by atoms with Gasteiger partial charge in [-0.1, -0.05) is 11.6 Å². The Hall–Kier alpha value is -0.760. The van der Waals surface area contributed by atoms with E-state index in [-0.39, 0.29) is 5.02 Å². The summed E-state index contributed by atoms with van der Waals surface area (Å²) in [6.07, 6.45) is 0. The van der Waals surface area contributed by atoms with Gasteiger partial charge in [0.25, 0.3) is 0 Å². The molecule has 0 spiro atoms. The minimum absolute atomic E-state index is 0.238. The van der Waals surface area contributed by atoms with Crippen molar-refractivity contribution in [3.63, 3.8) is 0 Å². The van der Waals surface area contributed by atoms with Crippen LogP contribution in [0.5, 0.6) is 5.75 Å². The predicted molar refractivity (Wildman–Crippen MR) is 36.8 cm³/mol. The van der Waals surface area contributed by atoms with Crippen LogP contribution in [0, 0.1) is 11.9 Å². The largest absolute Gasteiger partial charge is 0.495 e. The van der Waals surface area contributed by atoms with E-state index in [1.165, 1.54) is 19.2 Å². The number of methoxy groups -OCH3 is 1. The second-order valence-electron chi connectivity index (χ2n) is 1.70. The van der Waals surface area contributed by atoms with Gasteiger partial charge in [-0.3, -0.25) is 0 Å². The van der Waals surface area contributed by atoms with E-state index < -0.39 is 5.82 Å². The van der Waals surface area contributed by atoms with Crippen LogP contribution in [0.1, 0.15) is 0 Å². The highest BCUT2D eigenvalue weighted by atomic mass is 35.5. The zero-order valence-electron chi connectivity index (χ0n) is 5.32. The molecule has 1 nitrogen and oxygen atoms in total. The first kappa shape index (κ1) is 7.35. The van der Waals surface area contributed by atoms with E-state index in [0.29, 0.717) is 5.75 Å². The summed E-state index contributed by atoms with van der Waals surface area (Å²) in [5.74, 6) is -0.0473. The molecule has 0 heterocycles. The zero-order chi connectivity index (χ0) is 7.56. The highest BCUT2D eigenvalue weighted by Crippen LogP contribution is 2.23. The third kappa shape index (κ3) is 1.39. The SMILES string of the molecule is COc1[c]cc(F)cc1Cl. The van der Waals surface area contributed by atoms with Gasteiger partial charge in [0.15, 0.2) is 0 Å². The lowest BCUT2D eigenvalue weighted by Crippen LogP contribution is -1.84. The molecular formula is C7H5ClFO. The van der Waals surface area contributed by atoms with Crippen LogP contribution < -0.4 is 4.74 Å².